The van der Waals surface area contributed by atoms with Gasteiger partial charge in [-0.3, -0.25) is 0 Å². The predicted octanol–water partition coefficient (Wildman–Crippen LogP) is 2.61. The molecule has 3 heteroatoms. The van der Waals surface area contributed by atoms with E-state index in [0.29, 0.717) is 12.0 Å². The van der Waals surface area contributed by atoms with E-state index in [4.69, 9.17) is 9.47 Å². The molecule has 0 aliphatic carbocycles. The van der Waals surface area contributed by atoms with Gasteiger partial charge >= 0.3 is 0 Å². The van der Waals surface area contributed by atoms with Crippen molar-refractivity contribution in [2.75, 3.05) is 27.4 Å². The Labute approximate surface area is 109 Å². The Morgan fingerprint density at radius 3 is 2.67 bits per heavy atom. The van der Waals surface area contributed by atoms with Gasteiger partial charge in [0.05, 0.1) is 13.7 Å². The fraction of sp³-hybridized carbons (Fsp3) is 0.600. The Hall–Kier alpha value is -1.06. The molecule has 0 spiro atoms. The highest BCUT2D eigenvalue weighted by Gasteiger charge is 2.27. The quantitative estimate of drug-likeness (QED) is 0.889. The molecule has 2 atom stereocenters. The molecule has 2 rings (SSSR count). The molecule has 0 aromatic heterocycles. The maximum absolute atomic E-state index is 5.51. The van der Waals surface area contributed by atoms with E-state index >= 15 is 0 Å². The summed E-state index contributed by atoms with van der Waals surface area (Å²) in [4.78, 5) is 0. The molecule has 1 aromatic carbocycles. The van der Waals surface area contributed by atoms with E-state index in [2.05, 4.69) is 31.3 Å². The van der Waals surface area contributed by atoms with E-state index < -0.39 is 0 Å². The molecule has 1 aliphatic rings. The average Bonchev–Trinajstić information content (AvgIpc) is 2.87. The van der Waals surface area contributed by atoms with Crippen molar-refractivity contribution >= 4 is 0 Å². The van der Waals surface area contributed by atoms with Gasteiger partial charge in [0, 0.05) is 18.6 Å². The molecule has 1 saturated heterocycles. The van der Waals surface area contributed by atoms with Gasteiger partial charge in [-0.25, -0.2) is 0 Å². The monoisotopic (exact) mass is 249 g/mol. The van der Waals surface area contributed by atoms with Crippen molar-refractivity contribution in [1.29, 1.82) is 0 Å². The molecule has 18 heavy (non-hydrogen) atoms. The van der Waals surface area contributed by atoms with Gasteiger partial charge in [0.2, 0.25) is 0 Å². The molecule has 0 saturated carbocycles. The number of ether oxygens (including phenoxy) is 2. The second kappa shape index (κ2) is 5.72. The fourth-order valence-electron chi connectivity index (χ4n) is 2.83. The van der Waals surface area contributed by atoms with Crippen LogP contribution in [-0.4, -0.2) is 27.4 Å². The SMILES string of the molecule is CNC(c1cc(C)c(OC)cc1C)C1CCOC1. The van der Waals surface area contributed by atoms with Gasteiger partial charge in [0.25, 0.3) is 0 Å². The third kappa shape index (κ3) is 2.52. The van der Waals surface area contributed by atoms with Crippen molar-refractivity contribution in [3.63, 3.8) is 0 Å². The molecule has 0 bridgehead atoms. The molecular formula is C15H23NO2. The van der Waals surface area contributed by atoms with E-state index in [1.807, 2.05) is 7.05 Å². The Balaban J connectivity index is 2.32. The van der Waals surface area contributed by atoms with Crippen LogP contribution in [0.15, 0.2) is 12.1 Å². The van der Waals surface area contributed by atoms with Crippen LogP contribution >= 0.6 is 0 Å². The number of aryl methyl sites for hydroxylation is 2. The summed E-state index contributed by atoms with van der Waals surface area (Å²) < 4.78 is 10.9. The molecular weight excluding hydrogens is 226 g/mol. The van der Waals surface area contributed by atoms with Crippen molar-refractivity contribution in [2.45, 2.75) is 26.3 Å². The number of methoxy groups -OCH3 is 1. The normalized spacial score (nSPS) is 21.0. The van der Waals surface area contributed by atoms with E-state index in [1.54, 1.807) is 7.11 Å². The zero-order valence-electron chi connectivity index (χ0n) is 11.7. The number of rotatable bonds is 4. The zero-order chi connectivity index (χ0) is 13.1. The van der Waals surface area contributed by atoms with Crippen LogP contribution < -0.4 is 10.1 Å². The Kier molecular flexibility index (Phi) is 4.25. The van der Waals surface area contributed by atoms with E-state index in [1.165, 1.54) is 16.7 Å². The van der Waals surface area contributed by atoms with Crippen molar-refractivity contribution in [2.24, 2.45) is 5.92 Å². The first-order chi connectivity index (χ1) is 8.67. The first-order valence-corrected chi connectivity index (χ1v) is 6.57. The van der Waals surface area contributed by atoms with Crippen molar-refractivity contribution in [1.82, 2.24) is 5.32 Å². The summed E-state index contributed by atoms with van der Waals surface area (Å²) in [6, 6.07) is 4.75. The molecule has 0 radical (unpaired) electrons. The Bertz CT molecular complexity index is 411. The van der Waals surface area contributed by atoms with Crippen LogP contribution in [-0.2, 0) is 4.74 Å². The average molecular weight is 249 g/mol. The summed E-state index contributed by atoms with van der Waals surface area (Å²) in [6.07, 6.45) is 1.13. The van der Waals surface area contributed by atoms with Crippen LogP contribution in [0.1, 0.15) is 29.2 Å². The van der Waals surface area contributed by atoms with E-state index in [-0.39, 0.29) is 0 Å². The molecule has 1 heterocycles. The van der Waals surface area contributed by atoms with Gasteiger partial charge in [0.15, 0.2) is 0 Å². The Morgan fingerprint density at radius 1 is 1.33 bits per heavy atom. The van der Waals surface area contributed by atoms with Gasteiger partial charge in [0.1, 0.15) is 5.75 Å². The molecule has 1 aromatic rings. The highest BCUT2D eigenvalue weighted by Crippen LogP contribution is 2.33. The largest absolute Gasteiger partial charge is 0.496 e. The molecule has 1 N–H and O–H groups in total. The van der Waals surface area contributed by atoms with Crippen LogP contribution in [0.5, 0.6) is 5.75 Å². The third-order valence-electron chi connectivity index (χ3n) is 3.87. The van der Waals surface area contributed by atoms with Gasteiger partial charge < -0.3 is 14.8 Å². The zero-order valence-corrected chi connectivity index (χ0v) is 11.7. The summed E-state index contributed by atoms with van der Waals surface area (Å²) in [5.74, 6) is 1.54. The third-order valence-corrected chi connectivity index (χ3v) is 3.87. The van der Waals surface area contributed by atoms with Gasteiger partial charge in [-0.15, -0.1) is 0 Å². The highest BCUT2D eigenvalue weighted by molar-refractivity contribution is 5.43. The molecule has 1 fully saturated rings. The van der Waals surface area contributed by atoms with Crippen LogP contribution in [0.2, 0.25) is 0 Å². The first-order valence-electron chi connectivity index (χ1n) is 6.57. The Morgan fingerprint density at radius 2 is 2.11 bits per heavy atom. The molecule has 100 valence electrons. The number of hydrogen-bond acceptors (Lipinski definition) is 3. The summed E-state index contributed by atoms with van der Waals surface area (Å²) in [7, 11) is 3.75. The molecule has 0 amide bonds. The number of nitrogens with one attached hydrogen (secondary N) is 1. The standard InChI is InChI=1S/C15H23NO2/c1-10-8-14(17-4)11(2)7-13(10)15(16-3)12-5-6-18-9-12/h7-8,12,15-16H,5-6,9H2,1-4H3. The molecule has 2 unspecified atom stereocenters. The second-order valence-electron chi connectivity index (χ2n) is 5.07. The summed E-state index contributed by atoms with van der Waals surface area (Å²) in [5.41, 5.74) is 3.84. The number of benzene rings is 1. The first kappa shape index (κ1) is 13.4. The van der Waals surface area contributed by atoms with Crippen molar-refractivity contribution in [3.05, 3.63) is 28.8 Å². The maximum Gasteiger partial charge on any atom is 0.122 e. The minimum Gasteiger partial charge on any atom is -0.496 e. The predicted molar refractivity (Wildman–Crippen MR) is 73.2 cm³/mol. The van der Waals surface area contributed by atoms with Crippen molar-refractivity contribution in [3.8, 4) is 5.75 Å². The fourth-order valence-corrected chi connectivity index (χ4v) is 2.83. The smallest absolute Gasteiger partial charge is 0.122 e. The summed E-state index contributed by atoms with van der Waals surface area (Å²) in [5, 5.41) is 3.44. The lowest BCUT2D eigenvalue weighted by molar-refractivity contribution is 0.177. The molecule has 1 aliphatic heterocycles. The van der Waals surface area contributed by atoms with Crippen LogP contribution in [0.3, 0.4) is 0 Å². The van der Waals surface area contributed by atoms with Gasteiger partial charge in [-0.1, -0.05) is 6.07 Å². The topological polar surface area (TPSA) is 30.5 Å². The number of hydrogen-bond donors (Lipinski definition) is 1. The minimum atomic E-state index is 0.372. The highest BCUT2D eigenvalue weighted by atomic mass is 16.5. The van der Waals surface area contributed by atoms with Crippen LogP contribution in [0.25, 0.3) is 0 Å². The van der Waals surface area contributed by atoms with E-state index in [0.717, 1.165) is 25.4 Å². The van der Waals surface area contributed by atoms with Gasteiger partial charge in [-0.2, -0.15) is 0 Å². The van der Waals surface area contributed by atoms with Gasteiger partial charge in [-0.05, 0) is 50.1 Å². The molecule has 3 nitrogen and oxygen atoms in total. The van der Waals surface area contributed by atoms with Crippen molar-refractivity contribution < 1.29 is 9.47 Å². The minimum absolute atomic E-state index is 0.372. The van der Waals surface area contributed by atoms with E-state index in [9.17, 15) is 0 Å². The summed E-state index contributed by atoms with van der Waals surface area (Å²) >= 11 is 0. The summed E-state index contributed by atoms with van der Waals surface area (Å²) in [6.45, 7) is 5.99. The lowest BCUT2D eigenvalue weighted by atomic mass is 9.88. The van der Waals surface area contributed by atoms with Crippen LogP contribution in [0.4, 0.5) is 0 Å². The lowest BCUT2D eigenvalue weighted by Gasteiger charge is -2.25. The lowest BCUT2D eigenvalue weighted by Crippen LogP contribution is -2.26. The second-order valence-corrected chi connectivity index (χ2v) is 5.07. The maximum atomic E-state index is 5.51. The van der Waals surface area contributed by atoms with Crippen LogP contribution in [0, 0.1) is 19.8 Å².